The highest BCUT2D eigenvalue weighted by atomic mass is 16.7. The van der Waals surface area contributed by atoms with Crippen molar-refractivity contribution in [3.05, 3.63) is 23.3 Å². The maximum absolute atomic E-state index is 14.3. The molecule has 3 saturated heterocycles. The van der Waals surface area contributed by atoms with E-state index in [-0.39, 0.29) is 44.3 Å². The zero-order valence-electron chi connectivity index (χ0n) is 44.7. The molecule has 77 heavy (non-hydrogen) atoms. The molecule has 3 heterocycles. The average Bonchev–Trinajstić information content (AvgIpc) is 3.53. The normalized spacial score (nSPS) is 51.1. The van der Waals surface area contributed by atoms with Gasteiger partial charge in [0, 0.05) is 16.2 Å². The van der Waals surface area contributed by atoms with Gasteiger partial charge in [0.25, 0.3) is 0 Å². The number of carbonyl (C=O) groups is 1. The maximum Gasteiger partial charge on any atom is 0.312 e. The molecule has 0 aromatic heterocycles. The van der Waals surface area contributed by atoms with Crippen LogP contribution in [0.4, 0.5) is 0 Å². The van der Waals surface area contributed by atoms with Crippen LogP contribution in [0.3, 0.4) is 0 Å². The summed E-state index contributed by atoms with van der Waals surface area (Å²) in [5.41, 5.74) is -3.22. The molecule has 8 aliphatic rings. The Morgan fingerprint density at radius 1 is 0.701 bits per heavy atom. The Kier molecular flexibility index (Phi) is 18.0. The monoisotopic (exact) mass is 1110 g/mol. The molecule has 3 saturated carbocycles. The van der Waals surface area contributed by atoms with Gasteiger partial charge in [-0.1, -0.05) is 45.4 Å². The summed E-state index contributed by atoms with van der Waals surface area (Å²) < 4.78 is 40.9. The molecule has 442 valence electrons. The SMILES string of the molecule is C[C@H]1O[C@@H](O[C@H]2CC[C@]3(C)[C@@H](CC[C@]4(C)[C@@H]3C=CC3=C5C[C@@](C)(C(=O)OC[C@H]6O[C@@H](OC[C@H](O)[C@@H](O)[C@H](O)CO)[C@H](O)[C@@H](O)[C@@H]6O)CC[C@]5(CO)[C@H](O)C[C@]34C)[C@]2(C)CO)[C@H](O)[C@@H](O[C@@H]2O[C@H](CO)[C@@H](O)[C@H](O)[C@H]2O)[C@H]1O. The number of aliphatic hydroxyl groups is 16. The topological polar surface area (TPSA) is 405 Å². The van der Waals surface area contributed by atoms with Crippen molar-refractivity contribution >= 4 is 5.97 Å². The Hall–Kier alpha value is -1.93. The first-order valence-electron chi connectivity index (χ1n) is 27.2. The minimum atomic E-state index is -1.84. The first kappa shape index (κ1) is 61.1. The standard InChI is InChI=1S/C53H86O24/c1-23-34(61)43(77-45-41(68)38(65)36(63)28(18-55)74-45)42(69)46(73-23)76-33-10-11-49(3)30(50(33,4)21-56)9-12-51(5)31(49)8-7-24-25-15-48(2,13-14-53(25,22-57)32(60)16-52(24,51)6)47(70)72-20-29-37(64)39(66)40(67)44(75-29)71-19-27(59)35(62)26(58)17-54/h7-8,23,26-46,54-69H,9-22H2,1-6H3/t23-,26-,27+,28-,29-,30-,31-,32-,33+,34+,35+,36-,37-,38+,39+,40-,41-,42-,43+,44-,45+,46+,48+,49-,50+,51-,52-,53-/m1/s1. The van der Waals surface area contributed by atoms with Crippen molar-refractivity contribution in [1.29, 1.82) is 0 Å². The fourth-order valence-electron chi connectivity index (χ4n) is 15.2. The minimum Gasteiger partial charge on any atom is -0.462 e. The quantitative estimate of drug-likeness (QED) is 0.0519. The van der Waals surface area contributed by atoms with Gasteiger partial charge < -0.3 is 115 Å². The van der Waals surface area contributed by atoms with E-state index in [1.165, 1.54) is 0 Å². The number of carbonyl (C=O) groups excluding carboxylic acids is 1. The molecule has 0 aromatic rings. The smallest absolute Gasteiger partial charge is 0.312 e. The van der Waals surface area contributed by atoms with E-state index < -0.39 is 188 Å². The summed E-state index contributed by atoms with van der Waals surface area (Å²) in [5.74, 6) is -0.960. The summed E-state index contributed by atoms with van der Waals surface area (Å²) >= 11 is 0. The summed E-state index contributed by atoms with van der Waals surface area (Å²) in [6.07, 6.45) is -23.2. The van der Waals surface area contributed by atoms with E-state index in [4.69, 9.17) is 38.3 Å². The van der Waals surface area contributed by atoms with E-state index in [0.29, 0.717) is 32.1 Å². The molecule has 24 nitrogen and oxygen atoms in total. The Balaban J connectivity index is 1.000. The van der Waals surface area contributed by atoms with E-state index in [1.54, 1.807) is 13.8 Å². The lowest BCUT2D eigenvalue weighted by Crippen LogP contribution is -2.67. The number of aliphatic hydroxyl groups excluding tert-OH is 16. The summed E-state index contributed by atoms with van der Waals surface area (Å²) in [7, 11) is 0. The van der Waals surface area contributed by atoms with Gasteiger partial charge in [-0.3, -0.25) is 4.79 Å². The van der Waals surface area contributed by atoms with Gasteiger partial charge in [-0.05, 0) is 93.5 Å². The van der Waals surface area contributed by atoms with Crippen molar-refractivity contribution < 1.29 is 120 Å². The largest absolute Gasteiger partial charge is 0.462 e. The number of ether oxygens (including phenoxy) is 7. The Morgan fingerprint density at radius 3 is 1.97 bits per heavy atom. The van der Waals surface area contributed by atoms with Crippen LogP contribution in [0, 0.1) is 44.3 Å². The Bertz CT molecular complexity index is 2130. The fourth-order valence-corrected chi connectivity index (χ4v) is 15.2. The second-order valence-corrected chi connectivity index (χ2v) is 24.9. The lowest BCUT2D eigenvalue weighted by molar-refractivity contribution is -0.367. The molecule has 0 amide bonds. The lowest BCUT2D eigenvalue weighted by Gasteiger charge is -2.70. The van der Waals surface area contributed by atoms with E-state index in [2.05, 4.69) is 32.9 Å². The number of hydrogen-bond acceptors (Lipinski definition) is 24. The maximum atomic E-state index is 14.3. The zero-order valence-corrected chi connectivity index (χ0v) is 44.7. The van der Waals surface area contributed by atoms with E-state index in [1.807, 2.05) is 6.92 Å². The van der Waals surface area contributed by atoms with Gasteiger partial charge in [0.05, 0.1) is 56.8 Å². The first-order chi connectivity index (χ1) is 36.1. The van der Waals surface area contributed by atoms with Gasteiger partial charge in [-0.15, -0.1) is 0 Å². The number of hydrogen-bond donors (Lipinski definition) is 16. The van der Waals surface area contributed by atoms with E-state index >= 15 is 0 Å². The second-order valence-electron chi connectivity index (χ2n) is 24.9. The molecule has 6 fully saturated rings. The predicted molar refractivity (Wildman–Crippen MR) is 262 cm³/mol. The highest BCUT2D eigenvalue weighted by Crippen LogP contribution is 2.74. The van der Waals surface area contributed by atoms with Crippen LogP contribution in [0.1, 0.15) is 92.9 Å². The number of esters is 1. The summed E-state index contributed by atoms with van der Waals surface area (Å²) in [6, 6.07) is 0. The van der Waals surface area contributed by atoms with E-state index in [9.17, 15) is 81.4 Å². The third-order valence-corrected chi connectivity index (χ3v) is 20.6. The average molecular weight is 1110 g/mol. The Labute approximate surface area is 447 Å². The van der Waals surface area contributed by atoms with Crippen molar-refractivity contribution in [2.24, 2.45) is 44.3 Å². The van der Waals surface area contributed by atoms with E-state index in [0.717, 1.165) is 11.1 Å². The van der Waals surface area contributed by atoms with Crippen molar-refractivity contribution in [2.45, 2.75) is 216 Å². The zero-order chi connectivity index (χ0) is 56.7. The molecular weight excluding hydrogens is 1020 g/mol. The molecule has 0 unspecified atom stereocenters. The summed E-state index contributed by atoms with van der Waals surface area (Å²) in [4.78, 5) is 14.3. The molecule has 3 aliphatic heterocycles. The third-order valence-electron chi connectivity index (χ3n) is 20.6. The predicted octanol–water partition coefficient (Wildman–Crippen LogP) is -3.90. The van der Waals surface area contributed by atoms with Crippen LogP contribution in [0.25, 0.3) is 0 Å². The molecular formula is C53H86O24. The number of allylic oxidation sites excluding steroid dienone is 3. The number of rotatable bonds is 16. The van der Waals surface area contributed by atoms with Gasteiger partial charge in [-0.25, -0.2) is 0 Å². The van der Waals surface area contributed by atoms with Gasteiger partial charge in [0.2, 0.25) is 0 Å². The lowest BCUT2D eigenvalue weighted by atomic mass is 9.35. The van der Waals surface area contributed by atoms with Crippen LogP contribution < -0.4 is 0 Å². The van der Waals surface area contributed by atoms with Crippen molar-refractivity contribution in [3.8, 4) is 0 Å². The van der Waals surface area contributed by atoms with Crippen LogP contribution in [0.15, 0.2) is 23.3 Å². The minimum absolute atomic E-state index is 0.0984. The molecule has 0 radical (unpaired) electrons. The van der Waals surface area contributed by atoms with Gasteiger partial charge in [0.1, 0.15) is 92.1 Å². The third kappa shape index (κ3) is 10.1. The van der Waals surface area contributed by atoms with Gasteiger partial charge >= 0.3 is 5.97 Å². The van der Waals surface area contributed by atoms with Crippen LogP contribution >= 0.6 is 0 Å². The molecule has 16 N–H and O–H groups in total. The molecule has 0 spiro atoms. The van der Waals surface area contributed by atoms with Crippen LogP contribution in [-0.2, 0) is 38.0 Å². The molecule has 5 aliphatic carbocycles. The fraction of sp³-hybridized carbons (Fsp3) is 0.906. The first-order valence-corrected chi connectivity index (χ1v) is 27.2. The summed E-state index contributed by atoms with van der Waals surface area (Å²) in [6.45, 7) is 8.23. The van der Waals surface area contributed by atoms with Gasteiger partial charge in [0.15, 0.2) is 18.9 Å². The molecule has 28 atom stereocenters. The highest BCUT2D eigenvalue weighted by molar-refractivity contribution is 5.77. The van der Waals surface area contributed by atoms with Crippen molar-refractivity contribution in [3.63, 3.8) is 0 Å². The molecule has 0 aromatic carbocycles. The molecule has 0 bridgehead atoms. The summed E-state index contributed by atoms with van der Waals surface area (Å²) in [5, 5.41) is 170. The van der Waals surface area contributed by atoms with Crippen molar-refractivity contribution in [2.75, 3.05) is 39.6 Å². The molecule has 24 heteroatoms. The second kappa shape index (κ2) is 22.7. The van der Waals surface area contributed by atoms with Gasteiger partial charge in [-0.2, -0.15) is 0 Å². The highest BCUT2D eigenvalue weighted by Gasteiger charge is 2.69. The Morgan fingerprint density at radius 2 is 1.34 bits per heavy atom. The van der Waals surface area contributed by atoms with Crippen LogP contribution in [0.5, 0.6) is 0 Å². The molecule has 8 rings (SSSR count). The van der Waals surface area contributed by atoms with Crippen molar-refractivity contribution in [1.82, 2.24) is 0 Å². The number of fused-ring (bicyclic) bond motifs is 6. The van der Waals surface area contributed by atoms with Crippen LogP contribution in [-0.4, -0.2) is 250 Å². The van der Waals surface area contributed by atoms with Crippen LogP contribution in [0.2, 0.25) is 0 Å².